The second-order valence-corrected chi connectivity index (χ2v) is 9.34. The van der Waals surface area contributed by atoms with Gasteiger partial charge in [0, 0.05) is 0 Å². The van der Waals surface area contributed by atoms with Crippen molar-refractivity contribution in [2.75, 3.05) is 7.11 Å². The number of amidine groups is 1. The van der Waals surface area contributed by atoms with Crippen LogP contribution in [0.4, 0.5) is 0 Å². The Morgan fingerprint density at radius 2 is 1.42 bits per heavy atom. The number of rotatable bonds is 9. The van der Waals surface area contributed by atoms with Gasteiger partial charge < -0.3 is 0 Å². The van der Waals surface area contributed by atoms with Crippen molar-refractivity contribution in [3.63, 3.8) is 0 Å². The molecule has 0 aromatic heterocycles. The summed E-state index contributed by atoms with van der Waals surface area (Å²) >= 11 is -0.272. The number of halogens is 1. The van der Waals surface area contributed by atoms with Gasteiger partial charge in [-0.1, -0.05) is 0 Å². The van der Waals surface area contributed by atoms with Crippen molar-refractivity contribution in [2.24, 2.45) is 10.7 Å². The van der Waals surface area contributed by atoms with Crippen molar-refractivity contribution in [1.29, 1.82) is 0 Å². The second-order valence-electron chi connectivity index (χ2n) is 7.37. The van der Waals surface area contributed by atoms with Crippen LogP contribution in [0.25, 0.3) is 0 Å². The van der Waals surface area contributed by atoms with Crippen LogP contribution in [0, 0.1) is 0 Å². The normalized spacial score (nSPS) is 12.6. The monoisotopic (exact) mass is 526 g/mol. The predicted octanol–water partition coefficient (Wildman–Crippen LogP) is 1.86. The fraction of sp³-hybridized carbons (Fsp3) is 0.192. The van der Waals surface area contributed by atoms with Crippen LogP contribution < -0.4 is 35.5 Å². The molecule has 0 aliphatic heterocycles. The number of aliphatic imine (C=N–C) groups is 1. The zero-order valence-electron chi connectivity index (χ0n) is 18.1. The van der Waals surface area contributed by atoms with E-state index in [4.69, 9.17) is 15.5 Å². The number of methoxy groups -OCH3 is 1. The molecule has 0 amide bonds. The van der Waals surface area contributed by atoms with E-state index in [-0.39, 0.29) is 21.5 Å². The summed E-state index contributed by atoms with van der Waals surface area (Å²) in [6, 6.07) is 29.1. The molecule has 162 valence electrons. The summed E-state index contributed by atoms with van der Waals surface area (Å²) in [7, 11) is 1.67. The van der Waals surface area contributed by atoms with Gasteiger partial charge in [0.05, 0.1) is 0 Å². The zero-order chi connectivity index (χ0) is 22.1. The Morgan fingerprint density at radius 1 is 0.903 bits per heavy atom. The molecule has 0 unspecified atom stereocenters. The molecule has 0 saturated heterocycles. The Hall–Kier alpha value is -2.64. The Bertz CT molecular complexity index is 960. The van der Waals surface area contributed by atoms with Crippen LogP contribution in [0.2, 0.25) is 0 Å². The van der Waals surface area contributed by atoms with Gasteiger partial charge in [0.1, 0.15) is 0 Å². The minimum absolute atomic E-state index is 0.272. The third-order valence-corrected chi connectivity index (χ3v) is 7.09. The molecule has 3 N–H and O–H groups in total. The molecule has 0 saturated carbocycles. The van der Waals surface area contributed by atoms with Crippen molar-refractivity contribution >= 4 is 5.84 Å². The average molecular weight is 526 g/mol. The fourth-order valence-electron chi connectivity index (χ4n) is 3.37. The van der Waals surface area contributed by atoms with Crippen LogP contribution in [0.1, 0.15) is 30.5 Å². The molecule has 0 spiro atoms. The van der Waals surface area contributed by atoms with Crippen LogP contribution in [0.15, 0.2) is 100 Å². The van der Waals surface area contributed by atoms with Gasteiger partial charge in [-0.05, 0) is 0 Å². The van der Waals surface area contributed by atoms with Gasteiger partial charge in [-0.2, -0.15) is 0 Å². The number of hydrogen-bond acceptors (Lipinski definition) is 3. The summed E-state index contributed by atoms with van der Waals surface area (Å²) < 4.78 is 11.0. The summed E-state index contributed by atoms with van der Waals surface area (Å²) in [6.45, 7) is 4.29. The SMILES string of the molecule is COc1ccc(C(N=C(N)/C=C\[I-]NC(C)C)(c2ccccc2)c2ccccc2)cc1. The molecule has 5 heteroatoms. The molecule has 4 nitrogen and oxygen atoms in total. The van der Waals surface area contributed by atoms with Gasteiger partial charge in [0.15, 0.2) is 0 Å². The van der Waals surface area contributed by atoms with E-state index in [0.29, 0.717) is 11.9 Å². The number of nitrogens with one attached hydrogen (secondary N) is 1. The molecule has 31 heavy (non-hydrogen) atoms. The van der Waals surface area contributed by atoms with E-state index in [2.05, 4.69) is 57.9 Å². The van der Waals surface area contributed by atoms with Gasteiger partial charge in [-0.25, -0.2) is 0 Å². The first-order valence-electron chi connectivity index (χ1n) is 10.2. The molecular weight excluding hydrogens is 497 g/mol. The maximum absolute atomic E-state index is 6.47. The molecule has 3 aromatic rings. The number of benzene rings is 3. The molecule has 0 heterocycles. The molecule has 0 atom stereocenters. The van der Waals surface area contributed by atoms with E-state index in [1.807, 2.05) is 54.6 Å². The summed E-state index contributed by atoms with van der Waals surface area (Å²) in [5.74, 6) is 1.30. The molecule has 3 aromatic carbocycles. The van der Waals surface area contributed by atoms with E-state index >= 15 is 0 Å². The molecule has 0 radical (unpaired) electrons. The topological polar surface area (TPSA) is 59.6 Å². The minimum atomic E-state index is -0.771. The maximum atomic E-state index is 6.47. The zero-order valence-corrected chi connectivity index (χ0v) is 20.3. The van der Waals surface area contributed by atoms with Crippen molar-refractivity contribution < 1.29 is 26.2 Å². The molecule has 0 fully saturated rings. The third-order valence-electron chi connectivity index (χ3n) is 4.77. The molecule has 3 rings (SSSR count). The third kappa shape index (κ3) is 5.74. The fourth-order valence-corrected chi connectivity index (χ4v) is 4.85. The Balaban J connectivity index is 2.18. The van der Waals surface area contributed by atoms with Crippen molar-refractivity contribution in [3.05, 3.63) is 112 Å². The number of hydrogen-bond donors (Lipinski definition) is 2. The Morgan fingerprint density at radius 3 is 1.90 bits per heavy atom. The van der Waals surface area contributed by atoms with E-state index in [0.717, 1.165) is 22.4 Å². The first-order valence-corrected chi connectivity index (χ1v) is 12.5. The number of nitrogens with zero attached hydrogens (tertiary/aromatic N) is 1. The summed E-state index contributed by atoms with van der Waals surface area (Å²) in [6.07, 6.45) is 1.92. The molecular formula is C26H29IN3O-. The number of nitrogens with two attached hydrogens (primary N) is 1. The van der Waals surface area contributed by atoms with Crippen LogP contribution in [0.3, 0.4) is 0 Å². The molecule has 0 aliphatic rings. The standard InChI is InChI=1S/C26H29IN3O/c1-20(2)30-27-19-18-25(28)29-26(21-10-6-4-7-11-21,22-12-8-5-9-13-22)23-14-16-24(31-3)17-15-23/h4-20,30H,1-3H3,(H2,28,29)/q-1/b19-18-. The van der Waals surface area contributed by atoms with Crippen LogP contribution in [-0.2, 0) is 5.54 Å². The van der Waals surface area contributed by atoms with Gasteiger partial charge in [0.2, 0.25) is 0 Å². The van der Waals surface area contributed by atoms with Crippen LogP contribution in [-0.4, -0.2) is 19.0 Å². The van der Waals surface area contributed by atoms with Gasteiger partial charge in [-0.15, -0.1) is 0 Å². The van der Waals surface area contributed by atoms with E-state index in [9.17, 15) is 0 Å². The van der Waals surface area contributed by atoms with Crippen LogP contribution in [0.5, 0.6) is 5.75 Å². The van der Waals surface area contributed by atoms with Crippen molar-refractivity contribution in [3.8, 4) is 5.75 Å². The Kier molecular flexibility index (Phi) is 8.26. The van der Waals surface area contributed by atoms with E-state index < -0.39 is 5.54 Å². The van der Waals surface area contributed by atoms with Crippen LogP contribution >= 0.6 is 0 Å². The summed E-state index contributed by atoms with van der Waals surface area (Å²) in [5, 5.41) is 0. The summed E-state index contributed by atoms with van der Waals surface area (Å²) in [5.41, 5.74) is 8.83. The second kappa shape index (κ2) is 11.1. The quantitative estimate of drug-likeness (QED) is 0.147. The van der Waals surface area contributed by atoms with Gasteiger partial charge in [-0.3, -0.25) is 0 Å². The first kappa shape index (κ1) is 23.0. The van der Waals surface area contributed by atoms with E-state index in [1.54, 1.807) is 7.11 Å². The molecule has 0 aliphatic carbocycles. The number of ether oxygens (including phenoxy) is 1. The molecule has 0 bridgehead atoms. The Labute approximate surface area is 195 Å². The van der Waals surface area contributed by atoms with Gasteiger partial charge in [0.25, 0.3) is 0 Å². The van der Waals surface area contributed by atoms with Crippen molar-refractivity contribution in [2.45, 2.75) is 25.4 Å². The van der Waals surface area contributed by atoms with Crippen molar-refractivity contribution in [1.82, 2.24) is 3.53 Å². The van der Waals surface area contributed by atoms with E-state index in [1.165, 1.54) is 0 Å². The van der Waals surface area contributed by atoms with Gasteiger partial charge >= 0.3 is 196 Å². The average Bonchev–Trinajstić information content (AvgIpc) is 2.81. The predicted molar refractivity (Wildman–Crippen MR) is 125 cm³/mol. The summed E-state index contributed by atoms with van der Waals surface area (Å²) in [4.78, 5) is 5.15. The first-order chi connectivity index (χ1) is 15.1.